The second-order valence-corrected chi connectivity index (χ2v) is 7.14. The fourth-order valence-corrected chi connectivity index (χ4v) is 2.54. The second-order valence-electron chi connectivity index (χ2n) is 7.14. The van der Waals surface area contributed by atoms with Gasteiger partial charge in [-0.3, -0.25) is 9.69 Å². The van der Waals surface area contributed by atoms with Gasteiger partial charge < -0.3 is 14.4 Å². The number of aliphatic hydroxyl groups excluding tert-OH is 1. The first kappa shape index (κ1) is 17.0. The van der Waals surface area contributed by atoms with Crippen LogP contribution < -0.4 is 0 Å². The van der Waals surface area contributed by atoms with Crippen molar-refractivity contribution in [1.82, 2.24) is 9.80 Å². The van der Waals surface area contributed by atoms with Crippen LogP contribution in [0.4, 0.5) is 0 Å². The molecule has 0 spiro atoms. The van der Waals surface area contributed by atoms with Crippen LogP contribution in [-0.4, -0.2) is 59.6 Å². The minimum absolute atomic E-state index is 0.101. The minimum atomic E-state index is -0.339. The lowest BCUT2D eigenvalue weighted by atomic mass is 9.89. The topological polar surface area (TPSA) is 56.9 Å². The van der Waals surface area contributed by atoms with Crippen LogP contribution in [0.15, 0.2) is 22.8 Å². The Balaban J connectivity index is 1.71. The summed E-state index contributed by atoms with van der Waals surface area (Å²) in [5, 5.41) is 10.2. The van der Waals surface area contributed by atoms with Gasteiger partial charge in [-0.25, -0.2) is 0 Å². The number of hydrogen-bond donors (Lipinski definition) is 1. The molecule has 1 fully saturated rings. The van der Waals surface area contributed by atoms with E-state index in [0.29, 0.717) is 19.4 Å². The normalized spacial score (nSPS) is 18.5. The highest BCUT2D eigenvalue weighted by Gasteiger charge is 2.27. The van der Waals surface area contributed by atoms with Gasteiger partial charge in [0.15, 0.2) is 0 Å². The lowest BCUT2D eigenvalue weighted by Gasteiger charge is -2.38. The molecule has 0 bridgehead atoms. The molecule has 1 aliphatic heterocycles. The number of furan rings is 1. The lowest BCUT2D eigenvalue weighted by Crippen LogP contribution is -2.51. The molecule has 1 aromatic rings. The molecule has 124 valence electrons. The molecule has 1 amide bonds. The highest BCUT2D eigenvalue weighted by molar-refractivity contribution is 5.76. The summed E-state index contributed by atoms with van der Waals surface area (Å²) in [5.41, 5.74) is -0.101. The molecule has 1 atom stereocenters. The number of carbonyl (C=O) groups excluding carboxylic acids is 1. The van der Waals surface area contributed by atoms with Gasteiger partial charge in [0.2, 0.25) is 5.91 Å². The van der Waals surface area contributed by atoms with Gasteiger partial charge in [-0.2, -0.15) is 0 Å². The Hall–Kier alpha value is -1.33. The predicted molar refractivity (Wildman–Crippen MR) is 85.5 cm³/mol. The Kier molecular flexibility index (Phi) is 5.64. The SMILES string of the molecule is CC(C)(C)[C@H](O)CN1CCN(C(=O)CCc2ccco2)CC1. The van der Waals surface area contributed by atoms with Crippen LogP contribution in [0.1, 0.15) is 33.0 Å². The molecule has 0 radical (unpaired) electrons. The van der Waals surface area contributed by atoms with Crippen molar-refractivity contribution in [2.24, 2.45) is 5.41 Å². The summed E-state index contributed by atoms with van der Waals surface area (Å²) in [6, 6.07) is 3.75. The summed E-state index contributed by atoms with van der Waals surface area (Å²) >= 11 is 0. The molecule has 2 heterocycles. The number of carbonyl (C=O) groups is 1. The van der Waals surface area contributed by atoms with Gasteiger partial charge in [0.25, 0.3) is 0 Å². The van der Waals surface area contributed by atoms with Gasteiger partial charge in [-0.05, 0) is 17.5 Å². The Morgan fingerprint density at radius 1 is 1.32 bits per heavy atom. The second kappa shape index (κ2) is 7.29. The van der Waals surface area contributed by atoms with Crippen LogP contribution >= 0.6 is 0 Å². The quantitative estimate of drug-likeness (QED) is 0.900. The van der Waals surface area contributed by atoms with Crippen molar-refractivity contribution in [2.75, 3.05) is 32.7 Å². The molecule has 2 rings (SSSR count). The maximum atomic E-state index is 12.2. The number of hydrogen-bond acceptors (Lipinski definition) is 4. The van der Waals surface area contributed by atoms with Crippen molar-refractivity contribution in [3.63, 3.8) is 0 Å². The number of piperazine rings is 1. The molecular weight excluding hydrogens is 280 g/mol. The van der Waals surface area contributed by atoms with E-state index < -0.39 is 0 Å². The molecule has 22 heavy (non-hydrogen) atoms. The maximum Gasteiger partial charge on any atom is 0.223 e. The van der Waals surface area contributed by atoms with E-state index in [1.165, 1.54) is 0 Å². The van der Waals surface area contributed by atoms with E-state index in [4.69, 9.17) is 4.42 Å². The fraction of sp³-hybridized carbons (Fsp3) is 0.706. The summed E-state index contributed by atoms with van der Waals surface area (Å²) in [6.45, 7) is 9.98. The molecule has 0 saturated carbocycles. The third-order valence-electron chi connectivity index (χ3n) is 4.32. The van der Waals surface area contributed by atoms with Crippen LogP contribution in [0.3, 0.4) is 0 Å². The van der Waals surface area contributed by atoms with Gasteiger partial charge in [0.1, 0.15) is 5.76 Å². The molecular formula is C17H28N2O3. The summed E-state index contributed by atoms with van der Waals surface area (Å²) in [4.78, 5) is 16.4. The molecule has 1 N–H and O–H groups in total. The van der Waals surface area contributed by atoms with E-state index >= 15 is 0 Å². The van der Waals surface area contributed by atoms with Gasteiger partial charge in [-0.1, -0.05) is 20.8 Å². The molecule has 0 unspecified atom stereocenters. The van der Waals surface area contributed by atoms with Crippen molar-refractivity contribution in [1.29, 1.82) is 0 Å². The van der Waals surface area contributed by atoms with E-state index in [-0.39, 0.29) is 17.4 Å². The molecule has 5 heteroatoms. The van der Waals surface area contributed by atoms with Crippen LogP contribution in [0.5, 0.6) is 0 Å². The molecule has 5 nitrogen and oxygen atoms in total. The summed E-state index contributed by atoms with van der Waals surface area (Å²) in [7, 11) is 0. The third kappa shape index (κ3) is 4.85. The van der Waals surface area contributed by atoms with Gasteiger partial charge >= 0.3 is 0 Å². The first-order valence-electron chi connectivity index (χ1n) is 8.07. The fourth-order valence-electron chi connectivity index (χ4n) is 2.54. The van der Waals surface area contributed by atoms with Crippen LogP contribution in [0, 0.1) is 5.41 Å². The van der Waals surface area contributed by atoms with E-state index in [2.05, 4.69) is 4.90 Å². The van der Waals surface area contributed by atoms with Gasteiger partial charge in [0, 0.05) is 45.6 Å². The van der Waals surface area contributed by atoms with Crippen molar-refractivity contribution in [2.45, 2.75) is 39.7 Å². The number of aliphatic hydroxyl groups is 1. The maximum absolute atomic E-state index is 12.2. The number of nitrogens with zero attached hydrogens (tertiary/aromatic N) is 2. The van der Waals surface area contributed by atoms with E-state index in [1.807, 2.05) is 37.8 Å². The first-order valence-corrected chi connectivity index (χ1v) is 8.07. The number of rotatable bonds is 5. The largest absolute Gasteiger partial charge is 0.469 e. The Morgan fingerprint density at radius 2 is 2.00 bits per heavy atom. The van der Waals surface area contributed by atoms with Crippen molar-refractivity contribution in [3.05, 3.63) is 24.2 Å². The molecule has 1 saturated heterocycles. The number of aryl methyl sites for hydroxylation is 1. The third-order valence-corrected chi connectivity index (χ3v) is 4.32. The Labute approximate surface area is 132 Å². The van der Waals surface area contributed by atoms with Crippen LogP contribution in [0.2, 0.25) is 0 Å². The standard InChI is InChI=1S/C17H28N2O3/c1-17(2,3)15(20)13-18-8-10-19(11-9-18)16(21)7-6-14-5-4-12-22-14/h4-5,12,15,20H,6-11,13H2,1-3H3/t15-/m1/s1. The smallest absolute Gasteiger partial charge is 0.223 e. The average molecular weight is 308 g/mol. The summed E-state index contributed by atoms with van der Waals surface area (Å²) < 4.78 is 5.26. The van der Waals surface area contributed by atoms with Crippen molar-refractivity contribution in [3.8, 4) is 0 Å². The zero-order valence-corrected chi connectivity index (χ0v) is 13.9. The monoisotopic (exact) mass is 308 g/mol. The summed E-state index contributed by atoms with van der Waals surface area (Å²) in [5.74, 6) is 1.05. The molecule has 1 aromatic heterocycles. The highest BCUT2D eigenvalue weighted by atomic mass is 16.3. The lowest BCUT2D eigenvalue weighted by molar-refractivity contribution is -0.133. The van der Waals surface area contributed by atoms with E-state index in [0.717, 1.165) is 31.9 Å². The molecule has 0 aromatic carbocycles. The predicted octanol–water partition coefficient (Wildman–Crippen LogP) is 1.76. The molecule has 1 aliphatic rings. The number of amides is 1. The van der Waals surface area contributed by atoms with Crippen LogP contribution in [-0.2, 0) is 11.2 Å². The average Bonchev–Trinajstić information content (AvgIpc) is 2.98. The van der Waals surface area contributed by atoms with E-state index in [1.54, 1.807) is 6.26 Å². The Bertz CT molecular complexity index is 457. The van der Waals surface area contributed by atoms with Gasteiger partial charge in [-0.15, -0.1) is 0 Å². The van der Waals surface area contributed by atoms with Crippen molar-refractivity contribution >= 4 is 5.91 Å². The Morgan fingerprint density at radius 3 is 2.55 bits per heavy atom. The van der Waals surface area contributed by atoms with Crippen LogP contribution in [0.25, 0.3) is 0 Å². The zero-order valence-electron chi connectivity index (χ0n) is 13.9. The molecule has 0 aliphatic carbocycles. The first-order chi connectivity index (χ1) is 10.4. The minimum Gasteiger partial charge on any atom is -0.469 e. The highest BCUT2D eigenvalue weighted by Crippen LogP contribution is 2.20. The van der Waals surface area contributed by atoms with Gasteiger partial charge in [0.05, 0.1) is 12.4 Å². The van der Waals surface area contributed by atoms with E-state index in [9.17, 15) is 9.90 Å². The van der Waals surface area contributed by atoms with Crippen molar-refractivity contribution < 1.29 is 14.3 Å². The number of β-amino-alcohol motifs (C(OH)–C–C–N with tert-alkyl or cyclic N) is 1. The summed E-state index contributed by atoms with van der Waals surface area (Å²) in [6.07, 6.45) is 2.46. The zero-order chi connectivity index (χ0) is 16.2.